The number of rotatable bonds is 1. The van der Waals surface area contributed by atoms with Crippen molar-refractivity contribution in [3.8, 4) is 28.5 Å². The fourth-order valence-corrected chi connectivity index (χ4v) is 4.68. The van der Waals surface area contributed by atoms with Gasteiger partial charge in [-0.2, -0.15) is 5.26 Å². The monoisotopic (exact) mass is 339 g/mol. The molecule has 0 atom stereocenters. The number of pyridine rings is 1. The predicted octanol–water partition coefficient (Wildman–Crippen LogP) is 4.97. The van der Waals surface area contributed by atoms with E-state index >= 15 is 0 Å². The number of hydrogen-bond donors (Lipinski definition) is 0. The van der Waals surface area contributed by atoms with Gasteiger partial charge in [-0.15, -0.1) is 0 Å². The lowest BCUT2D eigenvalue weighted by molar-refractivity contribution is -0.660. The Morgan fingerprint density at radius 1 is 0.923 bits per heavy atom. The van der Waals surface area contributed by atoms with Gasteiger partial charge in [-0.05, 0) is 59.4 Å². The summed E-state index contributed by atoms with van der Waals surface area (Å²) < 4.78 is 2.19. The zero-order valence-corrected chi connectivity index (χ0v) is 16.0. The fraction of sp³-hybridized carbons (Fsp3) is 0.250. The Balaban J connectivity index is 2.12. The van der Waals surface area contributed by atoms with Crippen LogP contribution in [0.15, 0.2) is 48.7 Å². The Hall–Kier alpha value is -2.92. The maximum Gasteiger partial charge on any atom is 0.212 e. The molecule has 3 aromatic rings. The largest absolute Gasteiger partial charge is 0.212 e. The number of benzene rings is 2. The molecule has 2 aromatic carbocycles. The SMILES string of the molecule is Cc1ccc2c(c1-c1cccc[n+]1C)C(C)(C)c1c-2ccc(C#N)c1C. The highest BCUT2D eigenvalue weighted by Crippen LogP contribution is 2.53. The Morgan fingerprint density at radius 3 is 2.31 bits per heavy atom. The fourth-order valence-electron chi connectivity index (χ4n) is 4.68. The van der Waals surface area contributed by atoms with E-state index in [1.165, 1.54) is 39.1 Å². The van der Waals surface area contributed by atoms with Crippen LogP contribution >= 0.6 is 0 Å². The van der Waals surface area contributed by atoms with E-state index in [1.807, 2.05) is 6.07 Å². The van der Waals surface area contributed by atoms with E-state index in [0.717, 1.165) is 11.1 Å². The predicted molar refractivity (Wildman–Crippen MR) is 105 cm³/mol. The van der Waals surface area contributed by atoms with E-state index in [1.54, 1.807) is 0 Å². The molecule has 1 aliphatic carbocycles. The van der Waals surface area contributed by atoms with Crippen LogP contribution < -0.4 is 4.57 Å². The minimum atomic E-state index is -0.147. The van der Waals surface area contributed by atoms with Gasteiger partial charge >= 0.3 is 0 Å². The molecule has 0 spiro atoms. The van der Waals surface area contributed by atoms with Crippen molar-refractivity contribution in [3.63, 3.8) is 0 Å². The number of nitrogens with zero attached hydrogens (tertiary/aromatic N) is 2. The van der Waals surface area contributed by atoms with Crippen LogP contribution in [0.4, 0.5) is 0 Å². The van der Waals surface area contributed by atoms with Gasteiger partial charge in [-0.3, -0.25) is 0 Å². The minimum Gasteiger partial charge on any atom is -0.201 e. The van der Waals surface area contributed by atoms with Crippen molar-refractivity contribution >= 4 is 0 Å². The molecule has 0 radical (unpaired) electrons. The van der Waals surface area contributed by atoms with Crippen molar-refractivity contribution in [2.75, 3.05) is 0 Å². The highest BCUT2D eigenvalue weighted by Gasteiger charge is 2.41. The summed E-state index contributed by atoms with van der Waals surface area (Å²) >= 11 is 0. The van der Waals surface area contributed by atoms with Crippen molar-refractivity contribution < 1.29 is 4.57 Å². The van der Waals surface area contributed by atoms with Gasteiger partial charge in [0.1, 0.15) is 7.05 Å². The highest BCUT2D eigenvalue weighted by molar-refractivity contribution is 5.89. The first-order valence-electron chi connectivity index (χ1n) is 9.01. The lowest BCUT2D eigenvalue weighted by atomic mass is 9.76. The van der Waals surface area contributed by atoms with Crippen LogP contribution in [-0.4, -0.2) is 0 Å². The van der Waals surface area contributed by atoms with Crippen LogP contribution in [0.25, 0.3) is 22.4 Å². The normalized spacial score (nSPS) is 13.8. The smallest absolute Gasteiger partial charge is 0.201 e. The number of hydrogen-bond acceptors (Lipinski definition) is 1. The zero-order chi connectivity index (χ0) is 18.6. The standard InChI is InChI=1S/C24H23N2/c1-15-9-11-19-18-12-10-17(14-25)16(2)22(18)24(3,4)23(19)21(15)20-8-6-7-13-26(20)5/h6-13H,1-5H3/q+1. The topological polar surface area (TPSA) is 27.7 Å². The summed E-state index contributed by atoms with van der Waals surface area (Å²) in [6, 6.07) is 17.3. The van der Waals surface area contributed by atoms with E-state index in [4.69, 9.17) is 0 Å². The average molecular weight is 339 g/mol. The van der Waals surface area contributed by atoms with Crippen molar-refractivity contribution in [1.82, 2.24) is 0 Å². The number of fused-ring (bicyclic) bond motifs is 3. The molecule has 0 fully saturated rings. The Morgan fingerprint density at radius 2 is 1.62 bits per heavy atom. The number of aromatic nitrogens is 1. The lowest BCUT2D eigenvalue weighted by Gasteiger charge is -2.26. The number of aryl methyl sites for hydroxylation is 2. The Bertz CT molecular complexity index is 1100. The third kappa shape index (κ3) is 2.07. The van der Waals surface area contributed by atoms with Crippen LogP contribution in [0, 0.1) is 25.2 Å². The molecule has 0 saturated heterocycles. The Kier molecular flexibility index (Phi) is 3.53. The van der Waals surface area contributed by atoms with Gasteiger partial charge in [0.25, 0.3) is 0 Å². The van der Waals surface area contributed by atoms with Crippen LogP contribution in [0.2, 0.25) is 0 Å². The van der Waals surface area contributed by atoms with E-state index in [-0.39, 0.29) is 5.41 Å². The van der Waals surface area contributed by atoms with E-state index < -0.39 is 0 Å². The summed E-state index contributed by atoms with van der Waals surface area (Å²) in [6.07, 6.45) is 2.10. The van der Waals surface area contributed by atoms with Gasteiger partial charge in [0, 0.05) is 17.5 Å². The van der Waals surface area contributed by atoms with Gasteiger partial charge < -0.3 is 0 Å². The molecule has 0 bridgehead atoms. The van der Waals surface area contributed by atoms with Crippen LogP contribution in [-0.2, 0) is 12.5 Å². The van der Waals surface area contributed by atoms with E-state index in [9.17, 15) is 5.26 Å². The summed E-state index contributed by atoms with van der Waals surface area (Å²) in [5, 5.41) is 9.50. The van der Waals surface area contributed by atoms with Crippen molar-refractivity contribution in [1.29, 1.82) is 5.26 Å². The molecule has 1 aromatic heterocycles. The van der Waals surface area contributed by atoms with Crippen molar-refractivity contribution in [2.45, 2.75) is 33.1 Å². The molecular weight excluding hydrogens is 316 g/mol. The third-order valence-electron chi connectivity index (χ3n) is 5.85. The molecule has 1 heterocycles. The Labute approximate surface area is 155 Å². The average Bonchev–Trinajstić information content (AvgIpc) is 2.84. The summed E-state index contributed by atoms with van der Waals surface area (Å²) in [4.78, 5) is 0. The molecule has 128 valence electrons. The van der Waals surface area contributed by atoms with Crippen LogP contribution in [0.3, 0.4) is 0 Å². The molecular formula is C24H23N2+. The molecule has 0 N–H and O–H groups in total. The van der Waals surface area contributed by atoms with Crippen LogP contribution in [0.1, 0.15) is 41.7 Å². The second-order valence-electron chi connectivity index (χ2n) is 7.77. The molecule has 2 heteroatoms. The minimum absolute atomic E-state index is 0.147. The molecule has 2 nitrogen and oxygen atoms in total. The quantitative estimate of drug-likeness (QED) is 0.575. The summed E-state index contributed by atoms with van der Waals surface area (Å²) in [5.41, 5.74) is 10.8. The molecule has 4 rings (SSSR count). The number of nitriles is 1. The summed E-state index contributed by atoms with van der Waals surface area (Å²) in [5.74, 6) is 0. The third-order valence-corrected chi connectivity index (χ3v) is 5.85. The first-order chi connectivity index (χ1) is 12.4. The zero-order valence-electron chi connectivity index (χ0n) is 16.0. The lowest BCUT2D eigenvalue weighted by Crippen LogP contribution is -2.31. The van der Waals surface area contributed by atoms with E-state index in [2.05, 4.69) is 88.0 Å². The first-order valence-corrected chi connectivity index (χ1v) is 9.01. The van der Waals surface area contributed by atoms with Gasteiger partial charge in [0.05, 0.1) is 17.2 Å². The molecule has 26 heavy (non-hydrogen) atoms. The van der Waals surface area contributed by atoms with Gasteiger partial charge in [-0.25, -0.2) is 4.57 Å². The molecule has 0 unspecified atom stereocenters. The summed E-state index contributed by atoms with van der Waals surface area (Å²) in [6.45, 7) is 8.85. The maximum absolute atomic E-state index is 9.50. The van der Waals surface area contributed by atoms with E-state index in [0.29, 0.717) is 0 Å². The second kappa shape index (κ2) is 5.54. The van der Waals surface area contributed by atoms with Gasteiger partial charge in [0.15, 0.2) is 6.20 Å². The summed E-state index contributed by atoms with van der Waals surface area (Å²) in [7, 11) is 2.10. The van der Waals surface area contributed by atoms with Gasteiger partial charge in [0.2, 0.25) is 5.69 Å². The van der Waals surface area contributed by atoms with Crippen molar-refractivity contribution in [2.24, 2.45) is 7.05 Å². The molecule has 0 amide bonds. The molecule has 1 aliphatic rings. The van der Waals surface area contributed by atoms with Crippen LogP contribution in [0.5, 0.6) is 0 Å². The van der Waals surface area contributed by atoms with Crippen molar-refractivity contribution in [3.05, 3.63) is 76.5 Å². The molecule has 0 saturated carbocycles. The molecule has 0 aliphatic heterocycles. The highest BCUT2D eigenvalue weighted by atomic mass is 14.9. The second-order valence-corrected chi connectivity index (χ2v) is 7.77. The first kappa shape index (κ1) is 16.5. The maximum atomic E-state index is 9.50. The van der Waals surface area contributed by atoms with Gasteiger partial charge in [-0.1, -0.05) is 32.0 Å².